The van der Waals surface area contributed by atoms with Crippen molar-refractivity contribution in [2.45, 2.75) is 0 Å². The zero-order valence-electron chi connectivity index (χ0n) is 21.8. The second-order valence-electron chi connectivity index (χ2n) is 10.3. The second kappa shape index (κ2) is 9.14. The molecule has 40 heavy (non-hydrogen) atoms. The zero-order chi connectivity index (χ0) is 26.5. The van der Waals surface area contributed by atoms with E-state index in [1.54, 1.807) is 12.4 Å². The first kappa shape index (κ1) is 22.6. The number of fused-ring (bicyclic) bond motifs is 4. The highest BCUT2D eigenvalue weighted by molar-refractivity contribution is 6.22. The average Bonchev–Trinajstić information content (AvgIpc) is 3.03. The van der Waals surface area contributed by atoms with Gasteiger partial charge in [0, 0.05) is 18.0 Å². The van der Waals surface area contributed by atoms with E-state index in [1.165, 1.54) is 65.3 Å². The largest absolute Gasteiger partial charge is 0.237 e. The Morgan fingerprint density at radius 3 is 1.40 bits per heavy atom. The molecule has 1 aromatic heterocycles. The molecule has 0 saturated heterocycles. The molecular weight excluding hydrogens is 484 g/mol. The van der Waals surface area contributed by atoms with E-state index in [1.807, 2.05) is 6.07 Å². The van der Waals surface area contributed by atoms with E-state index in [4.69, 9.17) is 0 Å². The molecule has 186 valence electrons. The van der Waals surface area contributed by atoms with Gasteiger partial charge in [-0.05, 0) is 89.6 Å². The highest BCUT2D eigenvalue weighted by Gasteiger charge is 2.18. The standard InChI is InChI=1S/C38H24N2/c1-3-10-27-22-29(16-14-25(27)8-1)36-32-12-5-6-13-33(32)37(30-17-15-26-9-2-4-11-28(26)23-30)35-24-31(18-19-34(35)36)38-39-20-7-21-40-38/h1-24H. The van der Waals surface area contributed by atoms with Crippen LogP contribution in [0, 0.1) is 0 Å². The van der Waals surface area contributed by atoms with Crippen molar-refractivity contribution in [2.24, 2.45) is 0 Å². The van der Waals surface area contributed by atoms with Crippen molar-refractivity contribution in [3.05, 3.63) is 146 Å². The summed E-state index contributed by atoms with van der Waals surface area (Å²) in [5.41, 5.74) is 5.92. The van der Waals surface area contributed by atoms with E-state index in [0.29, 0.717) is 0 Å². The molecule has 0 unspecified atom stereocenters. The van der Waals surface area contributed by atoms with Gasteiger partial charge in [-0.2, -0.15) is 0 Å². The van der Waals surface area contributed by atoms with Crippen LogP contribution in [0.1, 0.15) is 0 Å². The maximum Gasteiger partial charge on any atom is 0.159 e. The van der Waals surface area contributed by atoms with Gasteiger partial charge in [0.2, 0.25) is 0 Å². The third kappa shape index (κ3) is 3.65. The van der Waals surface area contributed by atoms with Crippen LogP contribution in [-0.2, 0) is 0 Å². The van der Waals surface area contributed by atoms with Gasteiger partial charge in [0.05, 0.1) is 0 Å². The molecule has 7 aromatic carbocycles. The minimum atomic E-state index is 0.731. The Labute approximate surface area is 232 Å². The maximum absolute atomic E-state index is 4.57. The van der Waals surface area contributed by atoms with Crippen LogP contribution < -0.4 is 0 Å². The predicted octanol–water partition coefficient (Wildman–Crippen LogP) is 10.1. The number of benzene rings is 7. The molecule has 8 aromatic rings. The summed E-state index contributed by atoms with van der Waals surface area (Å²) >= 11 is 0. The van der Waals surface area contributed by atoms with Gasteiger partial charge in [-0.25, -0.2) is 9.97 Å². The second-order valence-corrected chi connectivity index (χ2v) is 10.3. The summed E-state index contributed by atoms with van der Waals surface area (Å²) in [5.74, 6) is 0.731. The molecule has 0 bridgehead atoms. The Morgan fingerprint density at radius 2 is 0.800 bits per heavy atom. The fraction of sp³-hybridized carbons (Fsp3) is 0. The third-order valence-corrected chi connectivity index (χ3v) is 7.92. The fourth-order valence-corrected chi connectivity index (χ4v) is 6.08. The SMILES string of the molecule is c1cnc(-c2ccc3c(-c4ccc5ccccc5c4)c4ccccc4c(-c4ccc5ccccc5c4)c3c2)nc1. The molecule has 8 rings (SSSR count). The molecule has 2 heteroatoms. The van der Waals surface area contributed by atoms with Crippen molar-refractivity contribution in [2.75, 3.05) is 0 Å². The van der Waals surface area contributed by atoms with E-state index in [9.17, 15) is 0 Å². The number of nitrogens with zero attached hydrogens (tertiary/aromatic N) is 2. The monoisotopic (exact) mass is 508 g/mol. The van der Waals surface area contributed by atoms with E-state index < -0.39 is 0 Å². The van der Waals surface area contributed by atoms with Crippen LogP contribution in [-0.4, -0.2) is 9.97 Å². The van der Waals surface area contributed by atoms with Gasteiger partial charge in [-0.1, -0.05) is 109 Å². The van der Waals surface area contributed by atoms with Crippen molar-refractivity contribution in [3.63, 3.8) is 0 Å². The van der Waals surface area contributed by atoms with Crippen LogP contribution >= 0.6 is 0 Å². The molecule has 0 atom stereocenters. The van der Waals surface area contributed by atoms with Crippen LogP contribution in [0.5, 0.6) is 0 Å². The summed E-state index contributed by atoms with van der Waals surface area (Å²) in [7, 11) is 0. The summed E-state index contributed by atoms with van der Waals surface area (Å²) in [6.45, 7) is 0. The highest BCUT2D eigenvalue weighted by Crippen LogP contribution is 2.45. The topological polar surface area (TPSA) is 25.8 Å². The minimum absolute atomic E-state index is 0.731. The Bertz CT molecular complexity index is 2210. The number of hydrogen-bond acceptors (Lipinski definition) is 2. The van der Waals surface area contributed by atoms with Crippen LogP contribution in [0.15, 0.2) is 146 Å². The minimum Gasteiger partial charge on any atom is -0.237 e. The Kier molecular flexibility index (Phi) is 5.17. The predicted molar refractivity (Wildman–Crippen MR) is 168 cm³/mol. The summed E-state index contributed by atoms with van der Waals surface area (Å²) < 4.78 is 0. The maximum atomic E-state index is 4.57. The van der Waals surface area contributed by atoms with Gasteiger partial charge in [-0.15, -0.1) is 0 Å². The van der Waals surface area contributed by atoms with E-state index in [-0.39, 0.29) is 0 Å². The molecule has 0 aliphatic heterocycles. The first-order valence-corrected chi connectivity index (χ1v) is 13.6. The normalized spacial score (nSPS) is 11.5. The first-order chi connectivity index (χ1) is 19.8. The van der Waals surface area contributed by atoms with Gasteiger partial charge >= 0.3 is 0 Å². The molecule has 0 saturated carbocycles. The van der Waals surface area contributed by atoms with E-state index >= 15 is 0 Å². The molecule has 0 amide bonds. The molecule has 0 aliphatic rings. The Hall–Kier alpha value is -5.34. The van der Waals surface area contributed by atoms with Gasteiger partial charge < -0.3 is 0 Å². The lowest BCUT2D eigenvalue weighted by Crippen LogP contribution is -1.93. The number of hydrogen-bond donors (Lipinski definition) is 0. The average molecular weight is 509 g/mol. The fourth-order valence-electron chi connectivity index (χ4n) is 6.08. The van der Waals surface area contributed by atoms with Gasteiger partial charge in [0.1, 0.15) is 0 Å². The van der Waals surface area contributed by atoms with Crippen molar-refractivity contribution in [1.29, 1.82) is 0 Å². The lowest BCUT2D eigenvalue weighted by atomic mass is 9.84. The van der Waals surface area contributed by atoms with Crippen molar-refractivity contribution in [1.82, 2.24) is 9.97 Å². The summed E-state index contributed by atoms with van der Waals surface area (Å²) in [4.78, 5) is 9.13. The Balaban J connectivity index is 1.51. The van der Waals surface area contributed by atoms with Gasteiger partial charge in [0.25, 0.3) is 0 Å². The van der Waals surface area contributed by atoms with Crippen LogP contribution in [0.3, 0.4) is 0 Å². The van der Waals surface area contributed by atoms with Crippen LogP contribution in [0.25, 0.3) is 76.7 Å². The lowest BCUT2D eigenvalue weighted by molar-refractivity contribution is 1.18. The molecule has 1 heterocycles. The molecule has 0 aliphatic carbocycles. The molecule has 0 fully saturated rings. The Morgan fingerprint density at radius 1 is 0.325 bits per heavy atom. The highest BCUT2D eigenvalue weighted by atomic mass is 14.8. The van der Waals surface area contributed by atoms with Crippen molar-refractivity contribution >= 4 is 43.1 Å². The number of aromatic nitrogens is 2. The molecular formula is C38H24N2. The van der Waals surface area contributed by atoms with Crippen LogP contribution in [0.2, 0.25) is 0 Å². The molecule has 0 N–H and O–H groups in total. The first-order valence-electron chi connectivity index (χ1n) is 13.6. The van der Waals surface area contributed by atoms with Crippen molar-refractivity contribution < 1.29 is 0 Å². The van der Waals surface area contributed by atoms with Crippen molar-refractivity contribution in [3.8, 4) is 33.6 Å². The quantitative estimate of drug-likeness (QED) is 0.222. The molecule has 2 nitrogen and oxygen atoms in total. The lowest BCUT2D eigenvalue weighted by Gasteiger charge is -2.19. The number of rotatable bonds is 3. The summed E-state index contributed by atoms with van der Waals surface area (Å²) in [6.07, 6.45) is 3.61. The van der Waals surface area contributed by atoms with E-state index in [2.05, 4.69) is 137 Å². The van der Waals surface area contributed by atoms with Crippen LogP contribution in [0.4, 0.5) is 0 Å². The molecule has 0 spiro atoms. The summed E-state index contributed by atoms with van der Waals surface area (Å²) in [5, 5.41) is 9.86. The van der Waals surface area contributed by atoms with Gasteiger partial charge in [-0.3, -0.25) is 0 Å². The van der Waals surface area contributed by atoms with E-state index in [0.717, 1.165) is 11.4 Å². The molecule has 0 radical (unpaired) electrons. The van der Waals surface area contributed by atoms with Gasteiger partial charge in [0.15, 0.2) is 5.82 Å². The summed E-state index contributed by atoms with van der Waals surface area (Å²) in [6, 6.07) is 48.1. The smallest absolute Gasteiger partial charge is 0.159 e. The zero-order valence-corrected chi connectivity index (χ0v) is 21.8. The third-order valence-electron chi connectivity index (χ3n) is 7.92.